The highest BCUT2D eigenvalue weighted by Gasteiger charge is 2.36. The fraction of sp³-hybridized carbons (Fsp3) is 0.424. The average Bonchev–Trinajstić information content (AvgIpc) is 3.83. The molecule has 4 aromatic rings. The van der Waals surface area contributed by atoms with Crippen molar-refractivity contribution in [3.63, 3.8) is 0 Å². The summed E-state index contributed by atoms with van der Waals surface area (Å²) in [5, 5.41) is 17.3. The van der Waals surface area contributed by atoms with E-state index in [9.17, 15) is 32.7 Å². The number of anilines is 2. The number of piperazine rings is 1. The molecule has 3 aromatic heterocycles. The number of ether oxygens (including phenoxy) is 1. The van der Waals surface area contributed by atoms with Gasteiger partial charge in [0, 0.05) is 32.1 Å². The van der Waals surface area contributed by atoms with Gasteiger partial charge < -0.3 is 29.5 Å². The number of aromatic hydroxyl groups is 1. The molecule has 2 unspecified atom stereocenters. The number of amides is 2. The molecule has 2 amide bonds. The fourth-order valence-corrected chi connectivity index (χ4v) is 7.11. The summed E-state index contributed by atoms with van der Waals surface area (Å²) in [7, 11) is 0. The number of nitrogens with one attached hydrogen (secondary N) is 1. The SMILES string of the molecule is CCc1c(N2CCN(C(=O)c3ncnc(C)c3O)CC2)c(=O)n2nc(C3=CC4COCC4C3)nc2n1CC(=O)Nc1ccc(C(F)(F)F)cc1Cl. The molecule has 2 N–H and O–H groups in total. The first-order valence-corrected chi connectivity index (χ1v) is 16.7. The molecule has 2 fully saturated rings. The van der Waals surface area contributed by atoms with Gasteiger partial charge in [0.1, 0.15) is 18.6 Å². The highest BCUT2D eigenvalue weighted by molar-refractivity contribution is 6.33. The number of carbonyl (C=O) groups excluding carboxylic acids is 2. The van der Waals surface area contributed by atoms with Crippen LogP contribution in [0.1, 0.15) is 46.6 Å². The standard InChI is InChI=1S/C33H33ClF3N9O5/c1-3-24-27(43-6-8-44(9-7-43)30(49)26-28(48)17(2)38-16-39-26)31(50)46-32(41-29(42-46)18-10-19-14-51-15-20(19)11-18)45(24)13-25(47)40-23-5-4-21(12-22(23)34)33(35,36)37/h4-5,10,12,16,19-20,48H,3,6-9,11,13-15H2,1-2H3,(H,40,47). The molecule has 0 radical (unpaired) electrons. The minimum absolute atomic E-state index is 0.0114. The number of fused-ring (bicyclic) bond motifs is 2. The van der Waals surface area contributed by atoms with Crippen LogP contribution in [0.4, 0.5) is 24.5 Å². The lowest BCUT2D eigenvalue weighted by Gasteiger charge is -2.36. The third kappa shape index (κ3) is 6.39. The van der Waals surface area contributed by atoms with Gasteiger partial charge in [-0.1, -0.05) is 24.6 Å². The van der Waals surface area contributed by atoms with Crippen molar-refractivity contribution >= 4 is 46.1 Å². The topological polar surface area (TPSA) is 160 Å². The second kappa shape index (κ2) is 13.3. The van der Waals surface area contributed by atoms with Crippen molar-refractivity contribution in [3.8, 4) is 5.75 Å². The molecule has 2 aliphatic heterocycles. The molecular formula is C33H33ClF3N9O5. The van der Waals surface area contributed by atoms with Crippen molar-refractivity contribution in [3.05, 3.63) is 74.4 Å². The first-order chi connectivity index (χ1) is 24.3. The van der Waals surface area contributed by atoms with E-state index in [4.69, 9.17) is 21.3 Å². The summed E-state index contributed by atoms with van der Waals surface area (Å²) in [5.41, 5.74) is 0.380. The number of alkyl halides is 3. The molecule has 2 saturated heterocycles. The summed E-state index contributed by atoms with van der Waals surface area (Å²) in [6, 6.07) is 2.65. The highest BCUT2D eigenvalue weighted by Crippen LogP contribution is 2.39. The minimum atomic E-state index is -4.61. The maximum atomic E-state index is 14.3. The van der Waals surface area contributed by atoms with E-state index in [0.717, 1.165) is 23.8 Å². The lowest BCUT2D eigenvalue weighted by atomic mass is 10.00. The molecule has 18 heteroatoms. The molecule has 3 aliphatic rings. The minimum Gasteiger partial charge on any atom is -0.504 e. The Morgan fingerprint density at radius 3 is 2.59 bits per heavy atom. The van der Waals surface area contributed by atoms with Crippen LogP contribution in [0.2, 0.25) is 5.02 Å². The van der Waals surface area contributed by atoms with E-state index >= 15 is 0 Å². The fourth-order valence-electron chi connectivity index (χ4n) is 6.88. The van der Waals surface area contributed by atoms with Crippen LogP contribution in [0.5, 0.6) is 5.75 Å². The first-order valence-electron chi connectivity index (χ1n) is 16.4. The second-order valence-corrected chi connectivity index (χ2v) is 13.1. The maximum Gasteiger partial charge on any atom is 0.416 e. The highest BCUT2D eigenvalue weighted by atomic mass is 35.5. The number of aryl methyl sites for hydroxylation is 1. The van der Waals surface area contributed by atoms with Crippen molar-refractivity contribution in [1.82, 2.24) is 34.0 Å². The third-order valence-corrected chi connectivity index (χ3v) is 9.87. The molecule has 2 atom stereocenters. The molecule has 1 aromatic carbocycles. The molecule has 268 valence electrons. The van der Waals surface area contributed by atoms with Crippen molar-refractivity contribution in [2.75, 3.05) is 49.6 Å². The molecule has 14 nitrogen and oxygen atoms in total. The van der Waals surface area contributed by atoms with Crippen molar-refractivity contribution < 1.29 is 32.6 Å². The quantitative estimate of drug-likeness (QED) is 0.288. The Bertz CT molecular complexity index is 2140. The monoisotopic (exact) mass is 727 g/mol. The Morgan fingerprint density at radius 1 is 1.14 bits per heavy atom. The maximum absolute atomic E-state index is 14.3. The third-order valence-electron chi connectivity index (χ3n) is 9.56. The summed E-state index contributed by atoms with van der Waals surface area (Å²) in [4.78, 5) is 57.0. The van der Waals surface area contributed by atoms with Gasteiger partial charge in [0.2, 0.25) is 11.7 Å². The summed E-state index contributed by atoms with van der Waals surface area (Å²) in [6.07, 6.45) is -0.362. The number of aromatic nitrogens is 6. The van der Waals surface area contributed by atoms with Gasteiger partial charge in [0.05, 0.1) is 40.9 Å². The largest absolute Gasteiger partial charge is 0.504 e. The van der Waals surface area contributed by atoms with Crippen LogP contribution in [-0.4, -0.2) is 90.3 Å². The number of carbonyl (C=O) groups is 2. The number of nitrogens with zero attached hydrogens (tertiary/aromatic N) is 8. The van der Waals surface area contributed by atoms with Crippen LogP contribution in [0, 0.1) is 18.8 Å². The lowest BCUT2D eigenvalue weighted by Crippen LogP contribution is -2.51. The summed E-state index contributed by atoms with van der Waals surface area (Å²) in [6.45, 7) is 5.14. The second-order valence-electron chi connectivity index (χ2n) is 12.7. The average molecular weight is 728 g/mol. The molecule has 51 heavy (non-hydrogen) atoms. The zero-order valence-corrected chi connectivity index (χ0v) is 28.3. The molecule has 7 rings (SSSR count). The van der Waals surface area contributed by atoms with Crippen molar-refractivity contribution in [2.45, 2.75) is 39.4 Å². The molecule has 0 bridgehead atoms. The van der Waals surface area contributed by atoms with Gasteiger partial charge in [-0.3, -0.25) is 14.4 Å². The zero-order valence-electron chi connectivity index (χ0n) is 27.6. The van der Waals surface area contributed by atoms with Crippen LogP contribution in [0.15, 0.2) is 35.4 Å². The predicted octanol–water partition coefficient (Wildman–Crippen LogP) is 3.58. The summed E-state index contributed by atoms with van der Waals surface area (Å²) in [5.74, 6) is -0.386. The predicted molar refractivity (Wildman–Crippen MR) is 179 cm³/mol. The summed E-state index contributed by atoms with van der Waals surface area (Å²) < 4.78 is 48.0. The van der Waals surface area contributed by atoms with E-state index in [2.05, 4.69) is 26.5 Å². The van der Waals surface area contributed by atoms with Crippen LogP contribution < -0.4 is 15.8 Å². The Labute approximate surface area is 293 Å². The molecular weight excluding hydrogens is 695 g/mol. The van der Waals surface area contributed by atoms with Crippen LogP contribution >= 0.6 is 11.6 Å². The van der Waals surface area contributed by atoms with Crippen molar-refractivity contribution in [1.29, 1.82) is 0 Å². The van der Waals surface area contributed by atoms with E-state index in [0.29, 0.717) is 43.5 Å². The van der Waals surface area contributed by atoms with E-state index < -0.39 is 29.1 Å². The van der Waals surface area contributed by atoms with E-state index in [1.54, 1.807) is 11.5 Å². The Kier molecular flexibility index (Phi) is 8.95. The van der Waals surface area contributed by atoms with Gasteiger partial charge in [-0.2, -0.15) is 22.7 Å². The molecule has 0 saturated carbocycles. The van der Waals surface area contributed by atoms with Gasteiger partial charge >= 0.3 is 6.18 Å². The number of hydrogen-bond acceptors (Lipinski definition) is 10. The van der Waals surface area contributed by atoms with E-state index in [1.165, 1.54) is 15.7 Å². The van der Waals surface area contributed by atoms with Crippen LogP contribution in [0.3, 0.4) is 0 Å². The molecule has 5 heterocycles. The lowest BCUT2D eigenvalue weighted by molar-refractivity contribution is -0.137. The first kappa shape index (κ1) is 34.4. The number of hydrogen-bond donors (Lipinski definition) is 2. The Balaban J connectivity index is 1.23. The summed E-state index contributed by atoms with van der Waals surface area (Å²) >= 11 is 6.13. The Morgan fingerprint density at radius 2 is 1.90 bits per heavy atom. The Hall–Kier alpha value is -5.03. The van der Waals surface area contributed by atoms with Gasteiger partial charge in [-0.15, -0.1) is 5.10 Å². The van der Waals surface area contributed by atoms with E-state index in [-0.39, 0.29) is 78.0 Å². The number of rotatable bonds is 7. The van der Waals surface area contributed by atoms with Crippen molar-refractivity contribution in [2.24, 2.45) is 11.8 Å². The van der Waals surface area contributed by atoms with Crippen LogP contribution in [0.25, 0.3) is 11.4 Å². The van der Waals surface area contributed by atoms with Gasteiger partial charge in [0.25, 0.3) is 11.5 Å². The van der Waals surface area contributed by atoms with Crippen LogP contribution in [-0.2, 0) is 28.7 Å². The normalized spacial score (nSPS) is 19.1. The molecule has 0 spiro atoms. The van der Waals surface area contributed by atoms with E-state index in [1.807, 2.05) is 11.8 Å². The molecule has 1 aliphatic carbocycles. The van der Waals surface area contributed by atoms with Gasteiger partial charge in [0.15, 0.2) is 17.3 Å². The smallest absolute Gasteiger partial charge is 0.416 e. The number of allylic oxidation sites excluding steroid dienone is 1. The number of halogens is 4. The zero-order chi connectivity index (χ0) is 36.2. The van der Waals surface area contributed by atoms with Gasteiger partial charge in [-0.05, 0) is 49.5 Å². The number of benzene rings is 1. The van der Waals surface area contributed by atoms with Gasteiger partial charge in [-0.25, -0.2) is 9.97 Å².